The van der Waals surface area contributed by atoms with Crippen molar-refractivity contribution >= 4 is 11.8 Å². The van der Waals surface area contributed by atoms with Crippen molar-refractivity contribution in [3.05, 3.63) is 198 Å². The second-order valence-electron chi connectivity index (χ2n) is 13.0. The number of hydrogen-bond acceptors (Lipinski definition) is 5. The minimum Gasteiger partial charge on any atom is -0.208 e. The third-order valence-electron chi connectivity index (χ3n) is 10.3. The molecule has 1 aliphatic heterocycles. The molecule has 2 aliphatic rings. The molecule has 5 heteroatoms. The van der Waals surface area contributed by atoms with Gasteiger partial charge in [-0.3, -0.25) is 0 Å². The lowest BCUT2D eigenvalue weighted by molar-refractivity contribution is 0.722. The van der Waals surface area contributed by atoms with Crippen molar-refractivity contribution in [3.8, 4) is 62.5 Å². The number of aromatic nitrogens is 3. The number of fused-ring (bicyclic) bond motifs is 9. The van der Waals surface area contributed by atoms with Crippen LogP contribution >= 0.6 is 11.8 Å². The molecule has 0 amide bonds. The second-order valence-corrected chi connectivity index (χ2v) is 14.1. The van der Waals surface area contributed by atoms with Crippen LogP contribution in [0.25, 0.3) is 56.4 Å². The molecule has 10 rings (SSSR count). The molecule has 1 spiro atoms. The molecule has 0 atom stereocenters. The first-order valence-electron chi connectivity index (χ1n) is 17.3. The first kappa shape index (κ1) is 30.2. The summed E-state index contributed by atoms with van der Waals surface area (Å²) >= 11 is 1.71. The summed E-state index contributed by atoms with van der Waals surface area (Å²) in [6, 6.07) is 61.5. The van der Waals surface area contributed by atoms with Gasteiger partial charge in [0.05, 0.1) is 11.0 Å². The van der Waals surface area contributed by atoms with Crippen molar-refractivity contribution in [2.45, 2.75) is 15.2 Å². The molecule has 0 fully saturated rings. The van der Waals surface area contributed by atoms with E-state index in [0.717, 1.165) is 43.2 Å². The monoisotopic (exact) mass is 680 g/mol. The Labute approximate surface area is 306 Å². The summed E-state index contributed by atoms with van der Waals surface area (Å²) < 4.78 is 0. The van der Waals surface area contributed by atoms with Gasteiger partial charge in [0.1, 0.15) is 6.07 Å². The van der Waals surface area contributed by atoms with Gasteiger partial charge >= 0.3 is 0 Å². The van der Waals surface area contributed by atoms with Crippen LogP contribution in [0, 0.1) is 11.3 Å². The van der Waals surface area contributed by atoms with Gasteiger partial charge in [0, 0.05) is 26.5 Å². The van der Waals surface area contributed by atoms with Gasteiger partial charge in [-0.05, 0) is 50.6 Å². The van der Waals surface area contributed by atoms with Crippen molar-refractivity contribution in [2.24, 2.45) is 0 Å². The number of nitriles is 1. The minimum absolute atomic E-state index is 0.557. The van der Waals surface area contributed by atoms with E-state index in [9.17, 15) is 5.26 Å². The lowest BCUT2D eigenvalue weighted by atomic mass is 9.66. The van der Waals surface area contributed by atoms with E-state index in [1.807, 2.05) is 72.8 Å². The maximum absolute atomic E-state index is 10.4. The molecule has 1 aliphatic carbocycles. The number of benzene rings is 7. The van der Waals surface area contributed by atoms with Crippen molar-refractivity contribution in [2.75, 3.05) is 0 Å². The fraction of sp³-hybridized carbons (Fsp3) is 0.0213. The van der Waals surface area contributed by atoms with Gasteiger partial charge in [0.25, 0.3) is 0 Å². The summed E-state index contributed by atoms with van der Waals surface area (Å²) in [5, 5.41) is 10.4. The van der Waals surface area contributed by atoms with Crippen molar-refractivity contribution < 1.29 is 0 Å². The zero-order valence-electron chi connectivity index (χ0n) is 27.9. The van der Waals surface area contributed by atoms with E-state index >= 15 is 0 Å². The standard InChI is InChI=1S/C47H28N4S/c48-29-34-17-11-23-40-42(34)52-43-35(20-12-24-41(43)47(40)38-21-9-7-18-36(38)37-19-8-10-22-39(37)47)30-25-27-33(28-26-30)46-50-44(31-13-3-1-4-14-31)49-45(51-46)32-15-5-2-6-16-32/h1-28H. The Hall–Kier alpha value is -6.61. The van der Waals surface area contributed by atoms with Gasteiger partial charge in [-0.15, -0.1) is 0 Å². The van der Waals surface area contributed by atoms with Gasteiger partial charge in [-0.2, -0.15) is 5.26 Å². The van der Waals surface area contributed by atoms with Gasteiger partial charge in [0.15, 0.2) is 17.5 Å². The fourth-order valence-electron chi connectivity index (χ4n) is 8.00. The third kappa shape index (κ3) is 4.52. The quantitative estimate of drug-likeness (QED) is 0.185. The summed E-state index contributed by atoms with van der Waals surface area (Å²) in [7, 11) is 0. The fourth-order valence-corrected chi connectivity index (χ4v) is 9.38. The third-order valence-corrected chi connectivity index (χ3v) is 11.6. The minimum atomic E-state index is -0.557. The van der Waals surface area contributed by atoms with E-state index in [-0.39, 0.29) is 0 Å². The molecule has 7 aromatic carbocycles. The molecule has 1 aromatic heterocycles. The predicted molar refractivity (Wildman–Crippen MR) is 208 cm³/mol. The predicted octanol–water partition coefficient (Wildman–Crippen LogP) is 11.2. The van der Waals surface area contributed by atoms with Crippen LogP contribution in [0.4, 0.5) is 0 Å². The van der Waals surface area contributed by atoms with Crippen LogP contribution in [-0.4, -0.2) is 15.0 Å². The Morgan fingerprint density at radius 2 is 0.808 bits per heavy atom. The highest BCUT2D eigenvalue weighted by atomic mass is 32.2. The van der Waals surface area contributed by atoms with Crippen LogP contribution < -0.4 is 0 Å². The summed E-state index contributed by atoms with van der Waals surface area (Å²) in [4.78, 5) is 16.9. The van der Waals surface area contributed by atoms with Crippen LogP contribution in [0.5, 0.6) is 0 Å². The van der Waals surface area contributed by atoms with Crippen LogP contribution in [0.2, 0.25) is 0 Å². The summed E-state index contributed by atoms with van der Waals surface area (Å²) in [5.41, 5.74) is 12.5. The molecular weight excluding hydrogens is 653 g/mol. The maximum Gasteiger partial charge on any atom is 0.164 e. The van der Waals surface area contributed by atoms with Crippen molar-refractivity contribution in [1.82, 2.24) is 15.0 Å². The van der Waals surface area contributed by atoms with E-state index in [4.69, 9.17) is 15.0 Å². The maximum atomic E-state index is 10.4. The summed E-state index contributed by atoms with van der Waals surface area (Å²) in [5.74, 6) is 1.89. The molecule has 0 saturated carbocycles. The molecule has 242 valence electrons. The molecule has 4 nitrogen and oxygen atoms in total. The van der Waals surface area contributed by atoms with Gasteiger partial charge in [-0.25, -0.2) is 15.0 Å². The van der Waals surface area contributed by atoms with Gasteiger partial charge in [-0.1, -0.05) is 176 Å². The molecule has 8 aromatic rings. The normalized spacial score (nSPS) is 13.1. The topological polar surface area (TPSA) is 62.5 Å². The van der Waals surface area contributed by atoms with E-state index in [0.29, 0.717) is 23.0 Å². The Balaban J connectivity index is 1.15. The Kier molecular flexibility index (Phi) is 6.99. The van der Waals surface area contributed by atoms with Gasteiger partial charge in [0.2, 0.25) is 0 Å². The molecular formula is C47H28N4S. The van der Waals surface area contributed by atoms with E-state index in [1.165, 1.54) is 27.8 Å². The van der Waals surface area contributed by atoms with Crippen molar-refractivity contribution in [3.63, 3.8) is 0 Å². The lowest BCUT2D eigenvalue weighted by Crippen LogP contribution is -2.32. The second kappa shape index (κ2) is 12.0. The molecule has 0 N–H and O–H groups in total. The molecule has 2 heterocycles. The Morgan fingerprint density at radius 3 is 1.37 bits per heavy atom. The number of nitrogens with zero attached hydrogens (tertiary/aromatic N) is 4. The molecule has 52 heavy (non-hydrogen) atoms. The van der Waals surface area contributed by atoms with E-state index < -0.39 is 5.41 Å². The van der Waals surface area contributed by atoms with Crippen molar-refractivity contribution in [1.29, 1.82) is 5.26 Å². The van der Waals surface area contributed by atoms with Crippen LogP contribution in [0.15, 0.2) is 180 Å². The van der Waals surface area contributed by atoms with E-state index in [1.54, 1.807) is 11.8 Å². The largest absolute Gasteiger partial charge is 0.208 e. The summed E-state index contributed by atoms with van der Waals surface area (Å²) in [6.45, 7) is 0. The Morgan fingerprint density at radius 1 is 0.385 bits per heavy atom. The molecule has 0 unspecified atom stereocenters. The molecule has 0 radical (unpaired) electrons. The van der Waals surface area contributed by atoms with E-state index in [2.05, 4.69) is 103 Å². The number of hydrogen-bond donors (Lipinski definition) is 0. The highest BCUT2D eigenvalue weighted by Gasteiger charge is 2.50. The van der Waals surface area contributed by atoms with Crippen LogP contribution in [0.3, 0.4) is 0 Å². The number of rotatable bonds is 4. The van der Waals surface area contributed by atoms with Crippen LogP contribution in [-0.2, 0) is 5.41 Å². The first-order valence-corrected chi connectivity index (χ1v) is 18.1. The first-order chi connectivity index (χ1) is 25.7. The smallest absolute Gasteiger partial charge is 0.164 e. The summed E-state index contributed by atoms with van der Waals surface area (Å²) in [6.07, 6.45) is 0. The average molecular weight is 681 g/mol. The molecule has 0 bridgehead atoms. The highest BCUT2D eigenvalue weighted by Crippen LogP contribution is 2.63. The highest BCUT2D eigenvalue weighted by molar-refractivity contribution is 7.99. The SMILES string of the molecule is N#Cc1cccc2c1Sc1c(-c3ccc(-c4nc(-c5ccccc5)nc(-c5ccccc5)n4)cc3)cccc1C21c2ccccc2-c2ccccc21. The lowest BCUT2D eigenvalue weighted by Gasteiger charge is -2.40. The zero-order valence-corrected chi connectivity index (χ0v) is 28.7. The Bertz CT molecular complexity index is 2610. The molecule has 0 saturated heterocycles. The van der Waals surface area contributed by atoms with Gasteiger partial charge < -0.3 is 0 Å². The zero-order chi connectivity index (χ0) is 34.6. The average Bonchev–Trinajstić information content (AvgIpc) is 3.52. The van der Waals surface area contributed by atoms with Crippen LogP contribution in [0.1, 0.15) is 27.8 Å².